The zero-order valence-electron chi connectivity index (χ0n) is 18.4. The summed E-state index contributed by atoms with van der Waals surface area (Å²) in [7, 11) is 0. The van der Waals surface area contributed by atoms with Crippen LogP contribution in [0.5, 0.6) is 5.75 Å². The highest BCUT2D eigenvalue weighted by molar-refractivity contribution is 7.17. The summed E-state index contributed by atoms with van der Waals surface area (Å²) in [6.45, 7) is 5.89. The molecule has 1 aromatic heterocycles. The molecule has 0 saturated carbocycles. The van der Waals surface area contributed by atoms with Crippen LogP contribution < -0.4 is 15.0 Å². The van der Waals surface area contributed by atoms with Crippen molar-refractivity contribution in [2.45, 2.75) is 25.0 Å². The summed E-state index contributed by atoms with van der Waals surface area (Å²) in [5.74, 6) is 0.0492. The van der Waals surface area contributed by atoms with E-state index in [1.165, 1.54) is 15.8 Å². The second-order valence-electron chi connectivity index (χ2n) is 8.62. The van der Waals surface area contributed by atoms with Crippen molar-refractivity contribution in [2.75, 3.05) is 49.5 Å². The van der Waals surface area contributed by atoms with Gasteiger partial charge in [-0.15, -0.1) is 11.3 Å². The van der Waals surface area contributed by atoms with Gasteiger partial charge in [-0.3, -0.25) is 9.69 Å². The second kappa shape index (κ2) is 9.69. The van der Waals surface area contributed by atoms with Gasteiger partial charge in [-0.05, 0) is 49.0 Å². The number of carbonyl (C=O) groups excluding carboxylic acids is 1. The van der Waals surface area contributed by atoms with E-state index in [0.717, 1.165) is 45.6 Å². The van der Waals surface area contributed by atoms with E-state index in [1.54, 1.807) is 29.5 Å². The number of rotatable bonds is 7. The number of thiophene rings is 1. The Morgan fingerprint density at radius 3 is 2.73 bits per heavy atom. The van der Waals surface area contributed by atoms with Crippen LogP contribution in [0.4, 0.5) is 11.4 Å². The molecule has 0 aliphatic carbocycles. The highest BCUT2D eigenvalue weighted by Gasteiger charge is 2.33. The summed E-state index contributed by atoms with van der Waals surface area (Å²) in [4.78, 5) is 16.7. The molecule has 0 spiro atoms. The van der Waals surface area contributed by atoms with Crippen molar-refractivity contribution in [1.82, 2.24) is 4.90 Å². The molecular formula is C25H29N3O4S. The van der Waals surface area contributed by atoms with E-state index in [-0.39, 0.29) is 0 Å². The maximum absolute atomic E-state index is 11.7. The average Bonchev–Trinajstić information content (AvgIpc) is 3.32. The first-order valence-electron chi connectivity index (χ1n) is 11.5. The van der Waals surface area contributed by atoms with Crippen molar-refractivity contribution < 1.29 is 19.7 Å². The quantitative estimate of drug-likeness (QED) is 0.463. The molecule has 0 bridgehead atoms. The zero-order chi connectivity index (χ0) is 22.8. The predicted molar refractivity (Wildman–Crippen MR) is 131 cm³/mol. The second-order valence-corrected chi connectivity index (χ2v) is 9.57. The van der Waals surface area contributed by atoms with Gasteiger partial charge in [0.25, 0.3) is 5.91 Å². The van der Waals surface area contributed by atoms with Crippen LogP contribution in [-0.2, 0) is 4.79 Å². The fraction of sp³-hybridized carbons (Fsp3) is 0.400. The van der Waals surface area contributed by atoms with Crippen molar-refractivity contribution in [3.05, 3.63) is 53.4 Å². The minimum Gasteiger partial charge on any atom is -0.494 e. The molecule has 2 atom stereocenters. The fourth-order valence-corrected chi connectivity index (χ4v) is 5.41. The van der Waals surface area contributed by atoms with Crippen LogP contribution >= 0.6 is 11.3 Å². The van der Waals surface area contributed by atoms with E-state index in [9.17, 15) is 15.0 Å². The van der Waals surface area contributed by atoms with Gasteiger partial charge in [-0.1, -0.05) is 12.1 Å². The lowest BCUT2D eigenvalue weighted by atomic mass is 9.97. The molecular weight excluding hydrogens is 438 g/mol. The van der Waals surface area contributed by atoms with Crippen molar-refractivity contribution in [2.24, 2.45) is 0 Å². The Bertz CT molecular complexity index is 1130. The number of aliphatic hydroxyl groups is 2. The number of benzene rings is 2. The molecule has 3 heterocycles. The number of ether oxygens (including phenoxy) is 1. The monoisotopic (exact) mass is 467 g/mol. The lowest BCUT2D eigenvalue weighted by Crippen LogP contribution is -2.46. The van der Waals surface area contributed by atoms with Crippen molar-refractivity contribution >= 4 is 38.7 Å². The molecule has 3 aromatic rings. The van der Waals surface area contributed by atoms with Gasteiger partial charge in [0, 0.05) is 53.6 Å². The Labute approximate surface area is 197 Å². The van der Waals surface area contributed by atoms with Gasteiger partial charge in [0.1, 0.15) is 11.9 Å². The average molecular weight is 468 g/mol. The smallest absolute Gasteiger partial charge is 0.256 e. The normalized spacial score (nSPS) is 21.2. The molecule has 2 aromatic carbocycles. The topological polar surface area (TPSA) is 85.3 Å². The Hall–Kier alpha value is -2.65. The number of piperazine rings is 1. The summed E-state index contributed by atoms with van der Waals surface area (Å²) in [5, 5.41) is 25.8. The first kappa shape index (κ1) is 22.2. The van der Waals surface area contributed by atoms with E-state index in [2.05, 4.69) is 44.8 Å². The third kappa shape index (κ3) is 4.70. The lowest BCUT2D eigenvalue weighted by Gasteiger charge is -2.36. The Morgan fingerprint density at radius 2 is 1.88 bits per heavy atom. The van der Waals surface area contributed by atoms with Gasteiger partial charge < -0.3 is 25.2 Å². The molecule has 174 valence electrons. The van der Waals surface area contributed by atoms with Gasteiger partial charge in [-0.25, -0.2) is 0 Å². The van der Waals surface area contributed by atoms with Crippen molar-refractivity contribution in [1.29, 1.82) is 0 Å². The lowest BCUT2D eigenvalue weighted by molar-refractivity contribution is -0.130. The standard InChI is InChI=1S/C25H29N3O4S/c29-23-18-7-6-17(16-20(18)26-25(31)24(23)30)32-14-2-1-9-27-10-12-28(13-11-27)21-4-3-5-22-19(21)8-15-33-22/h3-8,15-16,23-24,29-30H,1-2,9-14H2,(H,26,31)/t23-,24+/m0/s1. The summed E-state index contributed by atoms with van der Waals surface area (Å²) >= 11 is 1.80. The Morgan fingerprint density at radius 1 is 1.03 bits per heavy atom. The Balaban J connectivity index is 1.04. The number of fused-ring (bicyclic) bond motifs is 2. The van der Waals surface area contributed by atoms with Crippen LogP contribution in [0.2, 0.25) is 0 Å². The number of amides is 1. The first-order chi connectivity index (χ1) is 16.1. The maximum Gasteiger partial charge on any atom is 0.256 e. The third-order valence-electron chi connectivity index (χ3n) is 6.49. The number of aliphatic hydroxyl groups excluding tert-OH is 2. The van der Waals surface area contributed by atoms with Crippen LogP contribution in [0.3, 0.4) is 0 Å². The van der Waals surface area contributed by atoms with Crippen molar-refractivity contribution in [3.8, 4) is 5.75 Å². The summed E-state index contributed by atoms with van der Waals surface area (Å²) in [6.07, 6.45) is -0.636. The van der Waals surface area contributed by atoms with Crippen molar-refractivity contribution in [3.63, 3.8) is 0 Å². The molecule has 5 rings (SSSR count). The minimum absolute atomic E-state index is 0.492. The number of hydrogen-bond acceptors (Lipinski definition) is 7. The fourth-order valence-electron chi connectivity index (χ4n) is 4.61. The summed E-state index contributed by atoms with van der Waals surface area (Å²) < 4.78 is 7.20. The zero-order valence-corrected chi connectivity index (χ0v) is 19.3. The predicted octanol–water partition coefficient (Wildman–Crippen LogP) is 3.23. The van der Waals surface area contributed by atoms with Crippen LogP contribution in [0.1, 0.15) is 24.5 Å². The molecule has 0 unspecified atom stereocenters. The van der Waals surface area contributed by atoms with Crippen LogP contribution in [-0.4, -0.2) is 66.5 Å². The number of nitrogens with zero attached hydrogens (tertiary/aromatic N) is 2. The molecule has 3 N–H and O–H groups in total. The van der Waals surface area contributed by atoms with E-state index in [4.69, 9.17) is 4.74 Å². The van der Waals surface area contributed by atoms with Gasteiger partial charge in [0.05, 0.1) is 12.3 Å². The number of anilines is 2. The van der Waals surface area contributed by atoms with Gasteiger partial charge in [-0.2, -0.15) is 0 Å². The molecule has 0 radical (unpaired) electrons. The highest BCUT2D eigenvalue weighted by Crippen LogP contribution is 2.34. The SMILES string of the molecule is O=C1Nc2cc(OCCCCN3CCN(c4cccc5sccc45)CC3)ccc2[C@H](O)[C@H]1O. The number of hydrogen-bond donors (Lipinski definition) is 3. The summed E-state index contributed by atoms with van der Waals surface area (Å²) in [5.41, 5.74) is 2.35. The van der Waals surface area contributed by atoms with Crippen LogP contribution in [0.25, 0.3) is 10.1 Å². The number of nitrogens with one attached hydrogen (secondary N) is 1. The van der Waals surface area contributed by atoms with Crippen LogP contribution in [0, 0.1) is 0 Å². The minimum atomic E-state index is -1.43. The molecule has 8 heteroatoms. The molecule has 1 fully saturated rings. The Kier molecular flexibility index (Phi) is 6.50. The van der Waals surface area contributed by atoms with Gasteiger partial charge in [0.15, 0.2) is 6.10 Å². The van der Waals surface area contributed by atoms with Crippen LogP contribution in [0.15, 0.2) is 47.8 Å². The molecule has 33 heavy (non-hydrogen) atoms. The third-order valence-corrected chi connectivity index (χ3v) is 7.37. The number of unbranched alkanes of at least 4 members (excludes halogenated alkanes) is 1. The number of carbonyl (C=O) groups is 1. The van der Waals surface area contributed by atoms with E-state index in [1.807, 2.05) is 0 Å². The highest BCUT2D eigenvalue weighted by atomic mass is 32.1. The molecule has 1 saturated heterocycles. The molecule has 1 amide bonds. The first-order valence-corrected chi connectivity index (χ1v) is 12.4. The molecule has 2 aliphatic rings. The summed E-state index contributed by atoms with van der Waals surface area (Å²) in [6, 6.07) is 14.0. The maximum atomic E-state index is 11.7. The molecule has 7 nitrogen and oxygen atoms in total. The van der Waals surface area contributed by atoms with E-state index < -0.39 is 18.1 Å². The largest absolute Gasteiger partial charge is 0.494 e. The van der Waals surface area contributed by atoms with Gasteiger partial charge in [0.2, 0.25) is 0 Å². The van der Waals surface area contributed by atoms with E-state index >= 15 is 0 Å². The molecule has 2 aliphatic heterocycles. The van der Waals surface area contributed by atoms with E-state index in [0.29, 0.717) is 23.6 Å². The van der Waals surface area contributed by atoms with Gasteiger partial charge >= 0.3 is 0 Å².